The summed E-state index contributed by atoms with van der Waals surface area (Å²) >= 11 is 0. The summed E-state index contributed by atoms with van der Waals surface area (Å²) in [6, 6.07) is 3.78. The molecule has 0 aromatic heterocycles. The SMILES string of the molecule is C=C(C)C[C@H](c1cc(F)cc(F)c1)N1CCNCC1. The Balaban J connectivity index is 2.27. The molecule has 1 saturated heterocycles. The van der Waals surface area contributed by atoms with Crippen molar-refractivity contribution in [1.29, 1.82) is 0 Å². The maximum atomic E-state index is 13.4. The highest BCUT2D eigenvalue weighted by Gasteiger charge is 2.23. The molecule has 104 valence electrons. The van der Waals surface area contributed by atoms with E-state index < -0.39 is 11.6 Å². The van der Waals surface area contributed by atoms with Crippen LogP contribution in [0.2, 0.25) is 0 Å². The van der Waals surface area contributed by atoms with Crippen molar-refractivity contribution in [3.05, 3.63) is 47.5 Å². The molecule has 1 aromatic rings. The largest absolute Gasteiger partial charge is 0.314 e. The second kappa shape index (κ2) is 6.26. The van der Waals surface area contributed by atoms with Crippen molar-refractivity contribution in [2.45, 2.75) is 19.4 Å². The Kier molecular flexibility index (Phi) is 4.66. The van der Waals surface area contributed by atoms with Crippen LogP contribution in [0.15, 0.2) is 30.4 Å². The topological polar surface area (TPSA) is 15.3 Å². The summed E-state index contributed by atoms with van der Waals surface area (Å²) < 4.78 is 26.8. The molecular formula is C15H20F2N2. The van der Waals surface area contributed by atoms with Crippen LogP contribution in [-0.4, -0.2) is 31.1 Å². The molecule has 2 rings (SSSR count). The van der Waals surface area contributed by atoms with Crippen LogP contribution < -0.4 is 5.32 Å². The minimum Gasteiger partial charge on any atom is -0.314 e. The average molecular weight is 266 g/mol. The summed E-state index contributed by atoms with van der Waals surface area (Å²) in [7, 11) is 0. The summed E-state index contributed by atoms with van der Waals surface area (Å²) in [5, 5.41) is 3.28. The third kappa shape index (κ3) is 3.85. The third-order valence-electron chi connectivity index (χ3n) is 3.40. The average Bonchev–Trinajstić information content (AvgIpc) is 2.35. The van der Waals surface area contributed by atoms with E-state index in [0.29, 0.717) is 5.56 Å². The van der Waals surface area contributed by atoms with Gasteiger partial charge in [-0.15, -0.1) is 6.58 Å². The Hall–Kier alpha value is -1.26. The fourth-order valence-corrected chi connectivity index (χ4v) is 2.55. The molecular weight excluding hydrogens is 246 g/mol. The van der Waals surface area contributed by atoms with Gasteiger partial charge in [0.25, 0.3) is 0 Å². The molecule has 19 heavy (non-hydrogen) atoms. The van der Waals surface area contributed by atoms with E-state index in [4.69, 9.17) is 0 Å². The fraction of sp³-hybridized carbons (Fsp3) is 0.467. The van der Waals surface area contributed by atoms with E-state index in [1.165, 1.54) is 12.1 Å². The first-order chi connectivity index (χ1) is 9.06. The lowest BCUT2D eigenvalue weighted by Crippen LogP contribution is -2.45. The highest BCUT2D eigenvalue weighted by atomic mass is 19.1. The van der Waals surface area contributed by atoms with Crippen LogP contribution in [0.3, 0.4) is 0 Å². The summed E-state index contributed by atoms with van der Waals surface area (Å²) in [6.07, 6.45) is 0.725. The fourth-order valence-electron chi connectivity index (χ4n) is 2.55. The predicted octanol–water partition coefficient (Wildman–Crippen LogP) is 2.88. The molecule has 0 radical (unpaired) electrons. The van der Waals surface area contributed by atoms with Gasteiger partial charge in [0.1, 0.15) is 11.6 Å². The van der Waals surface area contributed by atoms with Crippen molar-refractivity contribution in [3.63, 3.8) is 0 Å². The van der Waals surface area contributed by atoms with Gasteiger partial charge < -0.3 is 5.32 Å². The van der Waals surface area contributed by atoms with E-state index >= 15 is 0 Å². The van der Waals surface area contributed by atoms with Crippen LogP contribution in [0.25, 0.3) is 0 Å². The van der Waals surface area contributed by atoms with Gasteiger partial charge in [0.15, 0.2) is 0 Å². The normalized spacial score (nSPS) is 18.3. The zero-order valence-corrected chi connectivity index (χ0v) is 11.3. The first kappa shape index (κ1) is 14.2. The van der Waals surface area contributed by atoms with Crippen LogP contribution >= 0.6 is 0 Å². The van der Waals surface area contributed by atoms with Gasteiger partial charge in [0.05, 0.1) is 0 Å². The molecule has 0 aliphatic carbocycles. The van der Waals surface area contributed by atoms with Gasteiger partial charge in [-0.25, -0.2) is 8.78 Å². The summed E-state index contributed by atoms with van der Waals surface area (Å²) in [6.45, 7) is 9.46. The molecule has 0 saturated carbocycles. The molecule has 4 heteroatoms. The van der Waals surface area contributed by atoms with Gasteiger partial charge in [-0.3, -0.25) is 4.90 Å². The van der Waals surface area contributed by atoms with Crippen LogP contribution in [0.5, 0.6) is 0 Å². The molecule has 1 N–H and O–H groups in total. The Morgan fingerprint density at radius 1 is 1.26 bits per heavy atom. The lowest BCUT2D eigenvalue weighted by molar-refractivity contribution is 0.172. The second-order valence-electron chi connectivity index (χ2n) is 5.17. The van der Waals surface area contributed by atoms with Crippen molar-refractivity contribution in [2.75, 3.05) is 26.2 Å². The molecule has 1 aromatic carbocycles. The second-order valence-corrected chi connectivity index (χ2v) is 5.17. The van der Waals surface area contributed by atoms with E-state index in [0.717, 1.165) is 44.2 Å². The number of nitrogens with zero attached hydrogens (tertiary/aromatic N) is 1. The molecule has 2 nitrogen and oxygen atoms in total. The molecule has 0 unspecified atom stereocenters. The van der Waals surface area contributed by atoms with E-state index in [1.54, 1.807) is 0 Å². The lowest BCUT2D eigenvalue weighted by Gasteiger charge is -2.35. The number of hydrogen-bond donors (Lipinski definition) is 1. The number of halogens is 2. The first-order valence-electron chi connectivity index (χ1n) is 6.61. The lowest BCUT2D eigenvalue weighted by atomic mass is 9.97. The molecule has 0 spiro atoms. The van der Waals surface area contributed by atoms with Crippen molar-refractivity contribution in [2.24, 2.45) is 0 Å². The Bertz CT molecular complexity index is 433. The van der Waals surface area contributed by atoms with Crippen molar-refractivity contribution in [3.8, 4) is 0 Å². The summed E-state index contributed by atoms with van der Waals surface area (Å²) in [5.74, 6) is -1.03. The Labute approximate surface area is 113 Å². The molecule has 1 heterocycles. The molecule has 1 fully saturated rings. The van der Waals surface area contributed by atoms with Crippen LogP contribution in [0.1, 0.15) is 24.9 Å². The van der Waals surface area contributed by atoms with Gasteiger partial charge in [-0.2, -0.15) is 0 Å². The van der Waals surface area contributed by atoms with E-state index in [9.17, 15) is 8.78 Å². The van der Waals surface area contributed by atoms with Gasteiger partial charge in [-0.05, 0) is 31.0 Å². The van der Waals surface area contributed by atoms with Crippen molar-refractivity contribution in [1.82, 2.24) is 10.2 Å². The summed E-state index contributed by atoms with van der Waals surface area (Å²) in [5.41, 5.74) is 1.72. The number of hydrogen-bond acceptors (Lipinski definition) is 2. The van der Waals surface area contributed by atoms with Crippen LogP contribution in [-0.2, 0) is 0 Å². The molecule has 1 aliphatic rings. The number of piperazine rings is 1. The van der Waals surface area contributed by atoms with Crippen molar-refractivity contribution < 1.29 is 8.78 Å². The highest BCUT2D eigenvalue weighted by molar-refractivity contribution is 5.23. The highest BCUT2D eigenvalue weighted by Crippen LogP contribution is 2.28. The molecule has 1 atom stereocenters. The zero-order valence-electron chi connectivity index (χ0n) is 11.3. The Morgan fingerprint density at radius 2 is 1.84 bits per heavy atom. The summed E-state index contributed by atoms with van der Waals surface area (Å²) in [4.78, 5) is 2.26. The first-order valence-corrected chi connectivity index (χ1v) is 6.61. The maximum absolute atomic E-state index is 13.4. The van der Waals surface area contributed by atoms with Crippen LogP contribution in [0, 0.1) is 11.6 Å². The monoisotopic (exact) mass is 266 g/mol. The number of benzene rings is 1. The van der Waals surface area contributed by atoms with Crippen LogP contribution in [0.4, 0.5) is 8.78 Å². The van der Waals surface area contributed by atoms with Gasteiger partial charge in [0, 0.05) is 38.3 Å². The predicted molar refractivity (Wildman–Crippen MR) is 73.0 cm³/mol. The number of nitrogens with one attached hydrogen (secondary N) is 1. The standard InChI is InChI=1S/C15H20F2N2/c1-11(2)7-15(19-5-3-18-4-6-19)12-8-13(16)10-14(17)9-12/h8-10,15,18H,1,3-7H2,2H3/t15-/m1/s1. The molecule has 0 amide bonds. The van der Waals surface area contributed by atoms with Gasteiger partial charge >= 0.3 is 0 Å². The van der Waals surface area contributed by atoms with E-state index in [-0.39, 0.29) is 6.04 Å². The van der Waals surface area contributed by atoms with Crippen molar-refractivity contribution >= 4 is 0 Å². The molecule has 0 bridgehead atoms. The minimum absolute atomic E-state index is 0.00444. The Morgan fingerprint density at radius 3 is 2.37 bits per heavy atom. The van der Waals surface area contributed by atoms with Gasteiger partial charge in [0.2, 0.25) is 0 Å². The third-order valence-corrected chi connectivity index (χ3v) is 3.40. The maximum Gasteiger partial charge on any atom is 0.126 e. The van der Waals surface area contributed by atoms with Gasteiger partial charge in [-0.1, -0.05) is 5.57 Å². The number of rotatable bonds is 4. The van der Waals surface area contributed by atoms with E-state index in [1.807, 2.05) is 6.92 Å². The molecule has 1 aliphatic heterocycles. The quantitative estimate of drug-likeness (QED) is 0.843. The minimum atomic E-state index is -0.517. The van der Waals surface area contributed by atoms with E-state index in [2.05, 4.69) is 16.8 Å². The zero-order chi connectivity index (χ0) is 13.8. The smallest absolute Gasteiger partial charge is 0.126 e.